The first-order valence-electron chi connectivity index (χ1n) is 9.51. The number of aromatic nitrogens is 2. The summed E-state index contributed by atoms with van der Waals surface area (Å²) in [6.07, 6.45) is 3.35. The van der Waals surface area contributed by atoms with Crippen molar-refractivity contribution in [3.63, 3.8) is 0 Å². The Bertz CT molecular complexity index is 964. The van der Waals surface area contributed by atoms with Gasteiger partial charge in [0.25, 0.3) is 0 Å². The minimum Gasteiger partial charge on any atom is -0.343 e. The van der Waals surface area contributed by atoms with Gasteiger partial charge in [-0.3, -0.25) is 9.59 Å². The number of ketones is 2. The summed E-state index contributed by atoms with van der Waals surface area (Å²) < 4.78 is 1.81. The van der Waals surface area contributed by atoms with E-state index in [1.807, 2.05) is 18.5 Å². The number of nitrogens with zero attached hydrogens (tertiary/aromatic N) is 2. The van der Waals surface area contributed by atoms with Crippen molar-refractivity contribution in [1.29, 1.82) is 0 Å². The molecule has 1 aliphatic heterocycles. The lowest BCUT2D eigenvalue weighted by Gasteiger charge is -2.39. The van der Waals surface area contributed by atoms with E-state index in [4.69, 9.17) is 0 Å². The van der Waals surface area contributed by atoms with Crippen LogP contribution in [0.5, 0.6) is 0 Å². The van der Waals surface area contributed by atoms with Gasteiger partial charge in [0, 0.05) is 24.1 Å². The standard InChI is InChI=1S/C22H25N3O2/c1-5-17(26)15-12-23-25-20(14-8-6-13(2)7-9-14)19-16(24-21(15)25)10-22(3,4)11-18(19)27/h6-9,12,20,24H,5,10-11H2,1-4H3. The number of carbonyl (C=O) groups excluding carboxylic acids is 2. The smallest absolute Gasteiger partial charge is 0.167 e. The molecule has 0 saturated heterocycles. The molecule has 0 saturated carbocycles. The number of hydrogen-bond donors (Lipinski definition) is 1. The van der Waals surface area contributed by atoms with Gasteiger partial charge < -0.3 is 5.32 Å². The molecule has 2 aliphatic rings. The molecule has 1 aliphatic carbocycles. The van der Waals surface area contributed by atoms with E-state index >= 15 is 0 Å². The van der Waals surface area contributed by atoms with Crippen molar-refractivity contribution >= 4 is 17.4 Å². The number of hydrogen-bond acceptors (Lipinski definition) is 4. The van der Waals surface area contributed by atoms with Crippen LogP contribution in [-0.2, 0) is 4.79 Å². The van der Waals surface area contributed by atoms with Crippen LogP contribution in [-0.4, -0.2) is 21.3 Å². The van der Waals surface area contributed by atoms with Crippen LogP contribution in [0, 0.1) is 12.3 Å². The zero-order valence-corrected chi connectivity index (χ0v) is 16.3. The number of aryl methyl sites for hydroxylation is 1. The Morgan fingerprint density at radius 2 is 1.96 bits per heavy atom. The van der Waals surface area contributed by atoms with Crippen molar-refractivity contribution in [1.82, 2.24) is 9.78 Å². The Kier molecular flexibility index (Phi) is 4.06. The van der Waals surface area contributed by atoms with Crippen molar-refractivity contribution in [2.45, 2.75) is 53.0 Å². The van der Waals surface area contributed by atoms with Crippen LogP contribution >= 0.6 is 0 Å². The van der Waals surface area contributed by atoms with Gasteiger partial charge in [0.2, 0.25) is 0 Å². The number of rotatable bonds is 3. The molecule has 5 nitrogen and oxygen atoms in total. The Labute approximate surface area is 159 Å². The molecule has 2 aromatic rings. The second-order valence-electron chi connectivity index (χ2n) is 8.40. The van der Waals surface area contributed by atoms with Gasteiger partial charge in [0.15, 0.2) is 11.6 Å². The zero-order chi connectivity index (χ0) is 19.3. The normalized spacial score (nSPS) is 20.7. The number of Topliss-reactive ketones (excluding diaryl/α,β-unsaturated/α-hetero) is 2. The number of nitrogens with one attached hydrogen (secondary N) is 1. The lowest BCUT2D eigenvalue weighted by Crippen LogP contribution is -2.36. The van der Waals surface area contributed by atoms with Crippen LogP contribution in [0.4, 0.5) is 5.82 Å². The molecular formula is C22H25N3O2. The minimum absolute atomic E-state index is 0.0526. The highest BCUT2D eigenvalue weighted by Gasteiger charge is 2.42. The van der Waals surface area contributed by atoms with Gasteiger partial charge >= 0.3 is 0 Å². The number of carbonyl (C=O) groups is 2. The first-order valence-corrected chi connectivity index (χ1v) is 9.51. The summed E-state index contributed by atoms with van der Waals surface area (Å²) >= 11 is 0. The van der Waals surface area contributed by atoms with Crippen molar-refractivity contribution < 1.29 is 9.59 Å². The van der Waals surface area contributed by atoms with Crippen LogP contribution in [0.25, 0.3) is 0 Å². The second kappa shape index (κ2) is 6.19. The van der Waals surface area contributed by atoms with Gasteiger partial charge in [-0.15, -0.1) is 0 Å². The molecule has 5 heteroatoms. The fraction of sp³-hybridized carbons (Fsp3) is 0.409. The lowest BCUT2D eigenvalue weighted by molar-refractivity contribution is -0.118. The van der Waals surface area contributed by atoms with Crippen molar-refractivity contribution in [3.05, 3.63) is 58.4 Å². The van der Waals surface area contributed by atoms with E-state index < -0.39 is 0 Å². The first kappa shape index (κ1) is 17.7. The predicted molar refractivity (Wildman–Crippen MR) is 105 cm³/mol. The number of benzene rings is 1. The van der Waals surface area contributed by atoms with Crippen LogP contribution in [0.1, 0.15) is 67.6 Å². The second-order valence-corrected chi connectivity index (χ2v) is 8.40. The van der Waals surface area contributed by atoms with Crippen molar-refractivity contribution in [3.8, 4) is 0 Å². The third-order valence-corrected chi connectivity index (χ3v) is 5.52. The summed E-state index contributed by atoms with van der Waals surface area (Å²) in [7, 11) is 0. The average molecular weight is 363 g/mol. The average Bonchev–Trinajstić information content (AvgIpc) is 3.02. The van der Waals surface area contributed by atoms with Crippen LogP contribution in [0.15, 0.2) is 41.7 Å². The molecule has 1 unspecified atom stereocenters. The molecule has 4 rings (SSSR count). The molecular weight excluding hydrogens is 338 g/mol. The highest BCUT2D eigenvalue weighted by atomic mass is 16.1. The monoisotopic (exact) mass is 363 g/mol. The van der Waals surface area contributed by atoms with E-state index in [0.29, 0.717) is 24.2 Å². The highest BCUT2D eigenvalue weighted by Crippen LogP contribution is 2.46. The molecule has 0 fully saturated rings. The van der Waals surface area contributed by atoms with Crippen molar-refractivity contribution in [2.24, 2.45) is 5.41 Å². The molecule has 1 atom stereocenters. The molecule has 0 bridgehead atoms. The molecule has 0 radical (unpaired) electrons. The zero-order valence-electron chi connectivity index (χ0n) is 16.3. The fourth-order valence-electron chi connectivity index (χ4n) is 4.16. The first-order chi connectivity index (χ1) is 12.8. The SMILES string of the molecule is CCC(=O)c1cnn2c1NC1=C(C(=O)CC(C)(C)C1)C2c1ccc(C)cc1. The summed E-state index contributed by atoms with van der Waals surface area (Å²) in [6, 6.07) is 7.91. The van der Waals surface area contributed by atoms with Gasteiger partial charge in [-0.25, -0.2) is 4.68 Å². The summed E-state index contributed by atoms with van der Waals surface area (Å²) in [4.78, 5) is 25.5. The van der Waals surface area contributed by atoms with Gasteiger partial charge in [-0.1, -0.05) is 50.6 Å². The molecule has 0 spiro atoms. The van der Waals surface area contributed by atoms with E-state index in [2.05, 4.69) is 48.5 Å². The van der Waals surface area contributed by atoms with E-state index in [-0.39, 0.29) is 23.0 Å². The molecule has 2 heterocycles. The van der Waals surface area contributed by atoms with E-state index in [9.17, 15) is 9.59 Å². The Morgan fingerprint density at radius 3 is 2.63 bits per heavy atom. The van der Waals surface area contributed by atoms with Gasteiger partial charge in [0.1, 0.15) is 11.9 Å². The predicted octanol–water partition coefficient (Wildman–Crippen LogP) is 4.44. The van der Waals surface area contributed by atoms with Crippen LogP contribution < -0.4 is 5.32 Å². The lowest BCUT2D eigenvalue weighted by atomic mass is 9.73. The fourth-order valence-corrected chi connectivity index (χ4v) is 4.16. The van der Waals surface area contributed by atoms with Crippen LogP contribution in [0.2, 0.25) is 0 Å². The summed E-state index contributed by atoms with van der Waals surface area (Å²) in [5.41, 5.74) is 4.39. The molecule has 27 heavy (non-hydrogen) atoms. The van der Waals surface area contributed by atoms with E-state index in [1.54, 1.807) is 6.20 Å². The third-order valence-electron chi connectivity index (χ3n) is 5.52. The molecule has 1 aromatic heterocycles. The van der Waals surface area contributed by atoms with Gasteiger partial charge in [0.05, 0.1) is 11.8 Å². The van der Waals surface area contributed by atoms with Gasteiger partial charge in [-0.05, 0) is 24.3 Å². The summed E-state index contributed by atoms with van der Waals surface area (Å²) in [5.74, 6) is 0.914. The van der Waals surface area contributed by atoms with E-state index in [0.717, 1.165) is 23.3 Å². The number of fused-ring (bicyclic) bond motifs is 1. The minimum atomic E-state index is -0.293. The maximum atomic E-state index is 13.1. The molecule has 0 amide bonds. The molecule has 1 aromatic carbocycles. The Hall–Kier alpha value is -2.69. The number of anilines is 1. The maximum absolute atomic E-state index is 13.1. The quantitative estimate of drug-likeness (QED) is 0.819. The Balaban J connectivity index is 1.92. The Morgan fingerprint density at radius 1 is 1.26 bits per heavy atom. The van der Waals surface area contributed by atoms with E-state index in [1.165, 1.54) is 5.56 Å². The topological polar surface area (TPSA) is 64.0 Å². The highest BCUT2D eigenvalue weighted by molar-refractivity contribution is 6.03. The maximum Gasteiger partial charge on any atom is 0.167 e. The summed E-state index contributed by atoms with van der Waals surface area (Å²) in [5, 5.41) is 7.91. The van der Waals surface area contributed by atoms with Crippen molar-refractivity contribution in [2.75, 3.05) is 5.32 Å². The van der Waals surface area contributed by atoms with Crippen LogP contribution in [0.3, 0.4) is 0 Å². The molecule has 1 N–H and O–H groups in total. The largest absolute Gasteiger partial charge is 0.343 e. The van der Waals surface area contributed by atoms with Gasteiger partial charge in [-0.2, -0.15) is 5.10 Å². The number of allylic oxidation sites excluding steroid dienone is 2. The third kappa shape index (κ3) is 2.91. The molecule has 140 valence electrons. The summed E-state index contributed by atoms with van der Waals surface area (Å²) in [6.45, 7) is 8.12.